The Bertz CT molecular complexity index is 1340. The molecule has 3 aromatic rings. The lowest BCUT2D eigenvalue weighted by Crippen LogP contribution is -2.18. The number of ether oxygens (including phenoxy) is 1. The van der Waals surface area contributed by atoms with Crippen LogP contribution in [0.5, 0.6) is 5.75 Å². The van der Waals surface area contributed by atoms with Gasteiger partial charge in [0.1, 0.15) is 10.6 Å². The third-order valence-corrected chi connectivity index (χ3v) is 5.55. The first kappa shape index (κ1) is 24.9. The van der Waals surface area contributed by atoms with Crippen molar-refractivity contribution in [1.29, 1.82) is 0 Å². The average molecular weight is 492 g/mol. The molecule has 11 heteroatoms. The Balaban J connectivity index is 1.99. The molecular weight excluding hydrogens is 473 g/mol. The summed E-state index contributed by atoms with van der Waals surface area (Å²) < 4.78 is 78.3. The normalized spacial score (nSPS) is 12.0. The summed E-state index contributed by atoms with van der Waals surface area (Å²) in [6.45, 7) is 2.10. The molecule has 7 nitrogen and oxygen atoms in total. The molecule has 0 fully saturated rings. The summed E-state index contributed by atoms with van der Waals surface area (Å²) in [4.78, 5) is 11.8. The van der Waals surface area contributed by atoms with Gasteiger partial charge in [0, 0.05) is 11.1 Å². The van der Waals surface area contributed by atoms with Gasteiger partial charge >= 0.3 is 6.18 Å². The molecule has 0 aromatic heterocycles. The van der Waals surface area contributed by atoms with Gasteiger partial charge in [0.15, 0.2) is 0 Å². The van der Waals surface area contributed by atoms with E-state index in [0.29, 0.717) is 30.6 Å². The first-order valence-corrected chi connectivity index (χ1v) is 11.3. The molecule has 0 radical (unpaired) electrons. The van der Waals surface area contributed by atoms with Gasteiger partial charge in [-0.1, -0.05) is 36.4 Å². The van der Waals surface area contributed by atoms with E-state index >= 15 is 0 Å². The number of carbonyl (C=O) groups excluding carboxylic acids is 1. The minimum Gasteiger partial charge on any atom is -0.493 e. The van der Waals surface area contributed by atoms with Gasteiger partial charge in [-0.3, -0.25) is 9.35 Å². The van der Waals surface area contributed by atoms with E-state index in [2.05, 4.69) is 10.5 Å². The maximum atomic E-state index is 13.3. The SMILES string of the molecule is CCOc1ccccc1C(=O)N/N=C/c1ccccc1-c1cc(C(F)(F)F)ccc1S(=O)(=O)O. The molecule has 1 amide bonds. The third kappa shape index (κ3) is 5.80. The van der Waals surface area contributed by atoms with E-state index in [4.69, 9.17) is 4.74 Å². The fraction of sp³-hybridized carbons (Fsp3) is 0.130. The van der Waals surface area contributed by atoms with Crippen LogP contribution in [0.15, 0.2) is 76.7 Å². The van der Waals surface area contributed by atoms with Crippen LogP contribution in [-0.2, 0) is 16.3 Å². The zero-order valence-corrected chi connectivity index (χ0v) is 18.5. The monoisotopic (exact) mass is 492 g/mol. The Kier molecular flexibility index (Phi) is 7.38. The molecule has 0 atom stereocenters. The highest BCUT2D eigenvalue weighted by Gasteiger charge is 2.32. The number of benzene rings is 3. The molecule has 0 aliphatic rings. The Morgan fingerprint density at radius 1 is 1.06 bits per heavy atom. The quantitative estimate of drug-likeness (QED) is 0.281. The highest BCUT2D eigenvalue weighted by Crippen LogP contribution is 2.36. The first-order valence-electron chi connectivity index (χ1n) is 9.85. The van der Waals surface area contributed by atoms with Gasteiger partial charge in [0.25, 0.3) is 16.0 Å². The number of para-hydroxylation sites is 1. The van der Waals surface area contributed by atoms with Crippen molar-refractivity contribution in [2.24, 2.45) is 5.10 Å². The number of hydrogen-bond acceptors (Lipinski definition) is 5. The molecule has 0 bridgehead atoms. The van der Waals surface area contributed by atoms with E-state index in [1.54, 1.807) is 31.2 Å². The summed E-state index contributed by atoms with van der Waals surface area (Å²) in [7, 11) is -4.84. The molecule has 0 heterocycles. The molecule has 3 aromatic carbocycles. The van der Waals surface area contributed by atoms with Crippen molar-refractivity contribution in [2.45, 2.75) is 18.0 Å². The smallest absolute Gasteiger partial charge is 0.416 e. The van der Waals surface area contributed by atoms with Crippen molar-refractivity contribution >= 4 is 22.2 Å². The van der Waals surface area contributed by atoms with E-state index in [-0.39, 0.29) is 22.3 Å². The van der Waals surface area contributed by atoms with Crippen LogP contribution in [0.3, 0.4) is 0 Å². The van der Waals surface area contributed by atoms with Crippen molar-refractivity contribution in [1.82, 2.24) is 5.43 Å². The second-order valence-corrected chi connectivity index (χ2v) is 8.29. The number of carbonyl (C=O) groups is 1. The third-order valence-electron chi connectivity index (χ3n) is 4.64. The molecule has 0 spiro atoms. The molecule has 3 rings (SSSR count). The Morgan fingerprint density at radius 3 is 2.41 bits per heavy atom. The van der Waals surface area contributed by atoms with Crippen molar-refractivity contribution in [3.05, 3.63) is 83.4 Å². The summed E-state index contributed by atoms with van der Waals surface area (Å²) in [6, 6.07) is 14.2. The topological polar surface area (TPSA) is 105 Å². The molecule has 0 saturated carbocycles. The number of hydrazone groups is 1. The number of halogens is 3. The zero-order chi connectivity index (χ0) is 24.9. The summed E-state index contributed by atoms with van der Waals surface area (Å²) in [6.07, 6.45) is -3.58. The van der Waals surface area contributed by atoms with Crippen LogP contribution in [0.1, 0.15) is 28.4 Å². The summed E-state index contributed by atoms with van der Waals surface area (Å²) in [5.41, 5.74) is 1.32. The Hall–Kier alpha value is -3.70. The predicted octanol–water partition coefficient (Wildman–Crippen LogP) is 4.78. The lowest BCUT2D eigenvalue weighted by atomic mass is 9.98. The second kappa shape index (κ2) is 10.1. The average Bonchev–Trinajstić information content (AvgIpc) is 2.78. The van der Waals surface area contributed by atoms with Crippen LogP contribution in [0.4, 0.5) is 13.2 Å². The van der Waals surface area contributed by atoms with E-state index < -0.39 is 32.7 Å². The van der Waals surface area contributed by atoms with Crippen LogP contribution < -0.4 is 10.2 Å². The van der Waals surface area contributed by atoms with Crippen molar-refractivity contribution in [3.63, 3.8) is 0 Å². The maximum Gasteiger partial charge on any atom is 0.416 e. The van der Waals surface area contributed by atoms with Crippen molar-refractivity contribution < 1.29 is 35.7 Å². The van der Waals surface area contributed by atoms with Gasteiger partial charge in [0.2, 0.25) is 0 Å². The first-order chi connectivity index (χ1) is 16.0. The highest BCUT2D eigenvalue weighted by molar-refractivity contribution is 7.86. The minimum atomic E-state index is -4.84. The molecule has 0 aliphatic carbocycles. The van der Waals surface area contributed by atoms with Gasteiger partial charge in [-0.05, 0) is 42.8 Å². The number of amides is 1. The van der Waals surface area contributed by atoms with Crippen LogP contribution in [-0.4, -0.2) is 31.7 Å². The Morgan fingerprint density at radius 2 is 1.74 bits per heavy atom. The lowest BCUT2D eigenvalue weighted by Gasteiger charge is -2.14. The van der Waals surface area contributed by atoms with Gasteiger partial charge in [-0.25, -0.2) is 5.43 Å². The predicted molar refractivity (Wildman–Crippen MR) is 119 cm³/mol. The standard InChI is InChI=1S/C23H19F3N2O5S/c1-2-33-20-10-6-5-9-18(20)22(29)28-27-14-15-7-3-4-8-17(15)19-13-16(23(24,25)26)11-12-21(19)34(30,31)32/h3-14H,2H2,1H3,(H,28,29)(H,30,31,32)/b27-14+. The van der Waals surface area contributed by atoms with Crippen LogP contribution >= 0.6 is 0 Å². The fourth-order valence-corrected chi connectivity index (χ4v) is 3.84. The van der Waals surface area contributed by atoms with E-state index in [9.17, 15) is 30.9 Å². The number of nitrogens with zero attached hydrogens (tertiary/aromatic N) is 1. The van der Waals surface area contributed by atoms with Crippen LogP contribution in [0.2, 0.25) is 0 Å². The summed E-state index contributed by atoms with van der Waals surface area (Å²) in [5, 5.41) is 3.85. The van der Waals surface area contributed by atoms with E-state index in [1.165, 1.54) is 24.3 Å². The highest BCUT2D eigenvalue weighted by atomic mass is 32.2. The molecule has 0 unspecified atom stereocenters. The summed E-state index contributed by atoms with van der Waals surface area (Å²) >= 11 is 0. The maximum absolute atomic E-state index is 13.3. The zero-order valence-electron chi connectivity index (χ0n) is 17.7. The van der Waals surface area contributed by atoms with Crippen molar-refractivity contribution in [3.8, 4) is 16.9 Å². The second-order valence-electron chi connectivity index (χ2n) is 6.90. The van der Waals surface area contributed by atoms with E-state index in [0.717, 1.165) is 6.21 Å². The van der Waals surface area contributed by atoms with Crippen LogP contribution in [0.25, 0.3) is 11.1 Å². The molecule has 0 saturated heterocycles. The van der Waals surface area contributed by atoms with Gasteiger partial charge in [-0.15, -0.1) is 0 Å². The lowest BCUT2D eigenvalue weighted by molar-refractivity contribution is -0.137. The number of nitrogens with one attached hydrogen (secondary N) is 1. The Labute approximate surface area is 193 Å². The van der Waals surface area contributed by atoms with Gasteiger partial charge in [-0.2, -0.15) is 26.7 Å². The number of hydrogen-bond donors (Lipinski definition) is 2. The van der Waals surface area contributed by atoms with Gasteiger partial charge in [0.05, 0.1) is 23.9 Å². The molecular formula is C23H19F3N2O5S. The number of alkyl halides is 3. The van der Waals surface area contributed by atoms with Crippen LogP contribution in [0, 0.1) is 0 Å². The molecule has 34 heavy (non-hydrogen) atoms. The molecule has 2 N–H and O–H groups in total. The number of rotatable bonds is 7. The van der Waals surface area contributed by atoms with E-state index in [1.807, 2.05) is 0 Å². The molecule has 0 aliphatic heterocycles. The van der Waals surface area contributed by atoms with Crippen molar-refractivity contribution in [2.75, 3.05) is 6.61 Å². The minimum absolute atomic E-state index is 0.0499. The fourth-order valence-electron chi connectivity index (χ4n) is 3.15. The molecule has 178 valence electrons. The summed E-state index contributed by atoms with van der Waals surface area (Å²) in [5.74, 6) is -0.240. The largest absolute Gasteiger partial charge is 0.493 e. The van der Waals surface area contributed by atoms with Gasteiger partial charge < -0.3 is 4.74 Å².